The summed E-state index contributed by atoms with van der Waals surface area (Å²) in [4.78, 5) is 0. The summed E-state index contributed by atoms with van der Waals surface area (Å²) in [5.41, 5.74) is -1.51. The predicted octanol–water partition coefficient (Wildman–Crippen LogP) is 6.83. The first-order chi connectivity index (χ1) is 13.1. The summed E-state index contributed by atoms with van der Waals surface area (Å²) in [6, 6.07) is 7.28. The standard InChI is InChI=1S/C19H8ClF7O/c20-11-3-1-9(2-4-11)10-5-13(21)17(14(22)6-10)19(26,27)28-12-7-15(23)18(25)16(24)8-12/h1-8H. The molecular weight excluding hydrogens is 413 g/mol. The molecule has 0 amide bonds. The van der Waals surface area contributed by atoms with E-state index in [4.69, 9.17) is 11.6 Å². The van der Waals surface area contributed by atoms with Crippen LogP contribution in [0.3, 0.4) is 0 Å². The Labute approximate surface area is 158 Å². The van der Waals surface area contributed by atoms with Gasteiger partial charge in [0.2, 0.25) is 0 Å². The van der Waals surface area contributed by atoms with E-state index in [0.29, 0.717) is 22.7 Å². The van der Waals surface area contributed by atoms with Gasteiger partial charge < -0.3 is 4.74 Å². The second-order valence-corrected chi connectivity index (χ2v) is 6.08. The Balaban J connectivity index is 1.99. The lowest BCUT2D eigenvalue weighted by molar-refractivity contribution is -0.189. The highest BCUT2D eigenvalue weighted by Crippen LogP contribution is 2.37. The van der Waals surface area contributed by atoms with Crippen molar-refractivity contribution >= 4 is 11.6 Å². The molecule has 0 atom stereocenters. The van der Waals surface area contributed by atoms with E-state index in [2.05, 4.69) is 4.74 Å². The molecule has 0 aliphatic rings. The van der Waals surface area contributed by atoms with E-state index >= 15 is 0 Å². The molecule has 0 saturated heterocycles. The maximum atomic E-state index is 14.3. The van der Waals surface area contributed by atoms with E-state index in [1.165, 1.54) is 24.3 Å². The zero-order valence-electron chi connectivity index (χ0n) is 13.6. The van der Waals surface area contributed by atoms with Crippen LogP contribution >= 0.6 is 11.6 Å². The molecule has 0 radical (unpaired) electrons. The summed E-state index contributed by atoms with van der Waals surface area (Å²) in [6.07, 6.45) is -4.64. The Morgan fingerprint density at radius 1 is 0.679 bits per heavy atom. The summed E-state index contributed by atoms with van der Waals surface area (Å²) in [6.45, 7) is 0. The minimum Gasteiger partial charge on any atom is -0.429 e. The van der Waals surface area contributed by atoms with Gasteiger partial charge in [0.1, 0.15) is 22.9 Å². The maximum absolute atomic E-state index is 14.3. The molecule has 0 N–H and O–H groups in total. The van der Waals surface area contributed by atoms with E-state index < -0.39 is 46.5 Å². The Hall–Kier alpha value is -2.74. The van der Waals surface area contributed by atoms with Gasteiger partial charge in [-0.1, -0.05) is 23.7 Å². The number of benzene rings is 3. The van der Waals surface area contributed by atoms with Crippen molar-refractivity contribution in [1.82, 2.24) is 0 Å². The summed E-state index contributed by atoms with van der Waals surface area (Å²) < 4.78 is 100. The molecule has 0 bridgehead atoms. The van der Waals surface area contributed by atoms with Gasteiger partial charge in [-0.15, -0.1) is 0 Å². The molecule has 28 heavy (non-hydrogen) atoms. The van der Waals surface area contributed by atoms with Gasteiger partial charge in [-0.25, -0.2) is 22.0 Å². The van der Waals surface area contributed by atoms with Crippen molar-refractivity contribution in [2.45, 2.75) is 6.11 Å². The Kier molecular flexibility index (Phi) is 5.25. The zero-order chi connectivity index (χ0) is 20.6. The highest BCUT2D eigenvalue weighted by atomic mass is 35.5. The van der Waals surface area contributed by atoms with Gasteiger partial charge in [0, 0.05) is 17.2 Å². The first-order valence-electron chi connectivity index (χ1n) is 7.55. The largest absolute Gasteiger partial charge is 0.432 e. The molecule has 0 unspecified atom stereocenters. The van der Waals surface area contributed by atoms with Gasteiger partial charge in [0.05, 0.1) is 0 Å². The van der Waals surface area contributed by atoms with Crippen LogP contribution in [0.1, 0.15) is 5.56 Å². The maximum Gasteiger partial charge on any atom is 0.432 e. The van der Waals surface area contributed by atoms with E-state index in [0.717, 1.165) is 0 Å². The van der Waals surface area contributed by atoms with Gasteiger partial charge in [-0.05, 0) is 35.4 Å². The van der Waals surface area contributed by atoms with Gasteiger partial charge in [-0.3, -0.25) is 0 Å². The summed E-state index contributed by atoms with van der Waals surface area (Å²) in [7, 11) is 0. The van der Waals surface area contributed by atoms with Crippen molar-refractivity contribution < 1.29 is 35.5 Å². The fourth-order valence-corrected chi connectivity index (χ4v) is 2.58. The minimum atomic E-state index is -4.64. The van der Waals surface area contributed by atoms with Crippen LogP contribution in [0.25, 0.3) is 11.1 Å². The topological polar surface area (TPSA) is 9.23 Å². The van der Waals surface area contributed by atoms with Crippen molar-refractivity contribution in [3.05, 3.63) is 88.2 Å². The highest BCUT2D eigenvalue weighted by molar-refractivity contribution is 6.30. The summed E-state index contributed by atoms with van der Waals surface area (Å²) in [5.74, 6) is -9.96. The normalized spacial score (nSPS) is 11.6. The number of ether oxygens (including phenoxy) is 1. The van der Waals surface area contributed by atoms with Gasteiger partial charge in [-0.2, -0.15) is 8.78 Å². The zero-order valence-corrected chi connectivity index (χ0v) is 14.3. The van der Waals surface area contributed by atoms with E-state index in [-0.39, 0.29) is 17.7 Å². The summed E-state index contributed by atoms with van der Waals surface area (Å²) >= 11 is 5.72. The number of hydrogen-bond donors (Lipinski definition) is 0. The highest BCUT2D eigenvalue weighted by Gasteiger charge is 2.41. The molecule has 3 aromatic rings. The van der Waals surface area contributed by atoms with Crippen molar-refractivity contribution in [1.29, 1.82) is 0 Å². The van der Waals surface area contributed by atoms with Gasteiger partial charge in [0.25, 0.3) is 0 Å². The molecule has 146 valence electrons. The fraction of sp³-hybridized carbons (Fsp3) is 0.0526. The third-order valence-electron chi connectivity index (χ3n) is 3.71. The summed E-state index contributed by atoms with van der Waals surface area (Å²) in [5, 5.41) is 0.361. The first kappa shape index (κ1) is 20.0. The van der Waals surface area contributed by atoms with Crippen molar-refractivity contribution in [3.8, 4) is 16.9 Å². The van der Waals surface area contributed by atoms with Gasteiger partial charge >= 0.3 is 6.11 Å². The lowest BCUT2D eigenvalue weighted by Crippen LogP contribution is -2.25. The molecule has 0 aliphatic carbocycles. The molecule has 0 aromatic heterocycles. The fourth-order valence-electron chi connectivity index (χ4n) is 2.45. The Morgan fingerprint density at radius 2 is 1.18 bits per heavy atom. The molecule has 0 spiro atoms. The molecule has 0 fully saturated rings. The van der Waals surface area contributed by atoms with E-state index in [9.17, 15) is 30.7 Å². The molecule has 0 aliphatic heterocycles. The molecular formula is C19H8ClF7O. The van der Waals surface area contributed by atoms with Crippen molar-refractivity contribution in [2.75, 3.05) is 0 Å². The molecule has 0 heterocycles. The van der Waals surface area contributed by atoms with Crippen LogP contribution in [0.5, 0.6) is 5.75 Å². The second-order valence-electron chi connectivity index (χ2n) is 5.64. The van der Waals surface area contributed by atoms with E-state index in [1.54, 1.807) is 0 Å². The third kappa shape index (κ3) is 3.91. The third-order valence-corrected chi connectivity index (χ3v) is 3.97. The smallest absolute Gasteiger partial charge is 0.429 e. The molecule has 3 rings (SSSR count). The Morgan fingerprint density at radius 3 is 1.68 bits per heavy atom. The van der Waals surface area contributed by atoms with Crippen LogP contribution in [0.15, 0.2) is 48.5 Å². The molecule has 9 heteroatoms. The SMILES string of the molecule is Fc1cc(OC(F)(F)c2c(F)cc(-c3ccc(Cl)cc3)cc2F)cc(F)c1F. The average molecular weight is 421 g/mol. The average Bonchev–Trinajstić information content (AvgIpc) is 2.59. The molecule has 0 saturated carbocycles. The van der Waals surface area contributed by atoms with Gasteiger partial charge in [0.15, 0.2) is 17.5 Å². The van der Waals surface area contributed by atoms with Crippen molar-refractivity contribution in [2.24, 2.45) is 0 Å². The van der Waals surface area contributed by atoms with Crippen LogP contribution in [-0.4, -0.2) is 0 Å². The second kappa shape index (κ2) is 7.35. The quantitative estimate of drug-likeness (QED) is 0.332. The Bertz CT molecular complexity index is 989. The minimum absolute atomic E-state index is 0.0508. The monoisotopic (exact) mass is 420 g/mol. The lowest BCUT2D eigenvalue weighted by Gasteiger charge is -2.20. The van der Waals surface area contributed by atoms with Crippen LogP contribution < -0.4 is 4.74 Å². The molecule has 3 aromatic carbocycles. The lowest BCUT2D eigenvalue weighted by atomic mass is 10.0. The van der Waals surface area contributed by atoms with E-state index in [1.807, 2.05) is 0 Å². The van der Waals surface area contributed by atoms with Crippen LogP contribution in [0.2, 0.25) is 5.02 Å². The molecule has 1 nitrogen and oxygen atoms in total. The number of hydrogen-bond acceptors (Lipinski definition) is 1. The number of alkyl halides is 2. The number of rotatable bonds is 4. The van der Waals surface area contributed by atoms with Crippen LogP contribution in [-0.2, 0) is 6.11 Å². The number of halogens is 8. The first-order valence-corrected chi connectivity index (χ1v) is 7.93. The van der Waals surface area contributed by atoms with Crippen molar-refractivity contribution in [3.63, 3.8) is 0 Å². The van der Waals surface area contributed by atoms with Crippen LogP contribution in [0.4, 0.5) is 30.7 Å². The predicted molar refractivity (Wildman–Crippen MR) is 87.6 cm³/mol. The van der Waals surface area contributed by atoms with Crippen LogP contribution in [0, 0.1) is 29.1 Å².